The van der Waals surface area contributed by atoms with Crippen molar-refractivity contribution in [1.29, 1.82) is 0 Å². The third-order valence-electron chi connectivity index (χ3n) is 1.63. The summed E-state index contributed by atoms with van der Waals surface area (Å²) in [5.41, 5.74) is 0. The fourth-order valence-electron chi connectivity index (χ4n) is 0.797. The van der Waals surface area contributed by atoms with Crippen LogP contribution in [-0.4, -0.2) is 23.0 Å². The monoisotopic (exact) mass is 176 g/mol. The minimum atomic E-state index is 1.11. The average Bonchev–Trinajstić information content (AvgIpc) is 2.71. The van der Waals surface area contributed by atoms with Gasteiger partial charge in [-0.2, -0.15) is 23.5 Å². The summed E-state index contributed by atoms with van der Waals surface area (Å²) in [6.45, 7) is 2.23. The van der Waals surface area contributed by atoms with Crippen molar-refractivity contribution >= 4 is 23.5 Å². The third kappa shape index (κ3) is 4.51. The average molecular weight is 176 g/mol. The quantitative estimate of drug-likeness (QED) is 0.571. The van der Waals surface area contributed by atoms with Crippen LogP contribution < -0.4 is 0 Å². The van der Waals surface area contributed by atoms with Crippen molar-refractivity contribution < 1.29 is 0 Å². The highest BCUT2D eigenvalue weighted by atomic mass is 32.2. The number of hydrogen-bond acceptors (Lipinski definition) is 2. The Morgan fingerprint density at radius 1 is 1.20 bits per heavy atom. The van der Waals surface area contributed by atoms with E-state index in [-0.39, 0.29) is 0 Å². The highest BCUT2D eigenvalue weighted by Gasteiger charge is 2.20. The van der Waals surface area contributed by atoms with Crippen molar-refractivity contribution in [3.8, 4) is 0 Å². The molecule has 0 N–H and O–H groups in total. The summed E-state index contributed by atoms with van der Waals surface area (Å²) in [6, 6.07) is 0. The summed E-state index contributed by atoms with van der Waals surface area (Å²) in [7, 11) is 0. The molecule has 0 aliphatic heterocycles. The van der Waals surface area contributed by atoms with Gasteiger partial charge >= 0.3 is 0 Å². The van der Waals surface area contributed by atoms with Crippen LogP contribution in [0.15, 0.2) is 0 Å². The van der Waals surface area contributed by atoms with Gasteiger partial charge in [-0.05, 0) is 30.3 Å². The molecular formula is C8H16S2. The minimum absolute atomic E-state index is 1.11. The van der Waals surface area contributed by atoms with E-state index >= 15 is 0 Å². The summed E-state index contributed by atoms with van der Waals surface area (Å²) >= 11 is 4.20. The van der Waals surface area contributed by atoms with Gasteiger partial charge in [-0.3, -0.25) is 0 Å². The molecule has 0 bridgehead atoms. The summed E-state index contributed by atoms with van der Waals surface area (Å²) in [5, 5.41) is 0. The number of thioether (sulfide) groups is 2. The Kier molecular flexibility index (Phi) is 4.72. The highest BCUT2D eigenvalue weighted by molar-refractivity contribution is 8.02. The lowest BCUT2D eigenvalue weighted by Gasteiger charge is -1.97. The first-order chi connectivity index (χ1) is 4.93. The Morgan fingerprint density at radius 2 is 1.90 bits per heavy atom. The van der Waals surface area contributed by atoms with E-state index in [2.05, 4.69) is 30.4 Å². The summed E-state index contributed by atoms with van der Waals surface area (Å²) < 4.78 is 0. The third-order valence-corrected chi connectivity index (χ3v) is 3.99. The molecule has 2 heteroatoms. The zero-order valence-electron chi connectivity index (χ0n) is 6.64. The first-order valence-electron chi connectivity index (χ1n) is 4.09. The molecule has 0 aromatic carbocycles. The molecule has 0 unspecified atom stereocenters. The second-order valence-electron chi connectivity index (χ2n) is 2.72. The number of rotatable bonds is 6. The van der Waals surface area contributed by atoms with E-state index in [1.807, 2.05) is 0 Å². The molecule has 1 rings (SSSR count). The maximum Gasteiger partial charge on any atom is 0.00236 e. The molecule has 10 heavy (non-hydrogen) atoms. The standard InChI is InChI=1S/C8H16S2/c1-2-9-5-6-10-7-8-3-4-8/h8H,2-7H2,1H3. The Morgan fingerprint density at radius 3 is 2.50 bits per heavy atom. The van der Waals surface area contributed by atoms with Gasteiger partial charge < -0.3 is 0 Å². The van der Waals surface area contributed by atoms with E-state index in [9.17, 15) is 0 Å². The molecule has 1 saturated carbocycles. The van der Waals surface area contributed by atoms with Crippen LogP contribution in [0.4, 0.5) is 0 Å². The Hall–Kier alpha value is 0.700. The molecule has 0 radical (unpaired) electrons. The Labute approximate surface area is 72.5 Å². The van der Waals surface area contributed by atoms with E-state index in [1.165, 1.54) is 35.9 Å². The molecule has 0 aromatic rings. The predicted octanol–water partition coefficient (Wildman–Crippen LogP) is 2.88. The van der Waals surface area contributed by atoms with Gasteiger partial charge in [0.15, 0.2) is 0 Å². The van der Waals surface area contributed by atoms with Crippen LogP contribution in [0.3, 0.4) is 0 Å². The highest BCUT2D eigenvalue weighted by Crippen LogP contribution is 2.32. The van der Waals surface area contributed by atoms with E-state index in [4.69, 9.17) is 0 Å². The van der Waals surface area contributed by atoms with Gasteiger partial charge in [-0.1, -0.05) is 6.92 Å². The van der Waals surface area contributed by atoms with Gasteiger partial charge in [-0.15, -0.1) is 0 Å². The fraction of sp³-hybridized carbons (Fsp3) is 1.00. The maximum absolute atomic E-state index is 2.23. The summed E-state index contributed by atoms with van der Waals surface area (Å²) in [6.07, 6.45) is 3.02. The van der Waals surface area contributed by atoms with Gasteiger partial charge in [0, 0.05) is 11.5 Å². The number of hydrogen-bond donors (Lipinski definition) is 0. The first kappa shape index (κ1) is 8.79. The van der Waals surface area contributed by atoms with Crippen LogP contribution in [0.2, 0.25) is 0 Å². The molecule has 0 aromatic heterocycles. The maximum atomic E-state index is 2.23. The van der Waals surface area contributed by atoms with Crippen LogP contribution in [0.1, 0.15) is 19.8 Å². The lowest BCUT2D eigenvalue weighted by Crippen LogP contribution is -1.88. The molecule has 60 valence electrons. The fourth-order valence-corrected chi connectivity index (χ4v) is 2.86. The second kappa shape index (κ2) is 5.36. The van der Waals surface area contributed by atoms with Crippen LogP contribution in [0, 0.1) is 5.92 Å². The molecule has 1 fully saturated rings. The lowest BCUT2D eigenvalue weighted by atomic mass is 10.5. The van der Waals surface area contributed by atoms with Crippen molar-refractivity contribution in [2.24, 2.45) is 5.92 Å². The largest absolute Gasteiger partial charge is 0.161 e. The SMILES string of the molecule is CCSCCSCC1CC1. The van der Waals surface area contributed by atoms with Gasteiger partial charge in [0.05, 0.1) is 0 Å². The molecular weight excluding hydrogens is 160 g/mol. The van der Waals surface area contributed by atoms with E-state index in [0.29, 0.717) is 0 Å². The smallest absolute Gasteiger partial charge is 0.00236 e. The van der Waals surface area contributed by atoms with Crippen molar-refractivity contribution in [2.45, 2.75) is 19.8 Å². The molecule has 0 atom stereocenters. The zero-order valence-corrected chi connectivity index (χ0v) is 8.27. The molecule has 0 amide bonds. The van der Waals surface area contributed by atoms with Crippen LogP contribution in [0.25, 0.3) is 0 Å². The van der Waals surface area contributed by atoms with Gasteiger partial charge in [-0.25, -0.2) is 0 Å². The van der Waals surface area contributed by atoms with E-state index in [0.717, 1.165) is 5.92 Å². The van der Waals surface area contributed by atoms with Crippen LogP contribution in [0.5, 0.6) is 0 Å². The minimum Gasteiger partial charge on any atom is -0.161 e. The predicted molar refractivity (Wildman–Crippen MR) is 53.0 cm³/mol. The second-order valence-corrected chi connectivity index (χ2v) is 5.26. The van der Waals surface area contributed by atoms with Crippen LogP contribution >= 0.6 is 23.5 Å². The van der Waals surface area contributed by atoms with Crippen molar-refractivity contribution in [2.75, 3.05) is 23.0 Å². The van der Waals surface area contributed by atoms with Crippen LogP contribution in [-0.2, 0) is 0 Å². The van der Waals surface area contributed by atoms with Gasteiger partial charge in [0.2, 0.25) is 0 Å². The molecule has 0 spiro atoms. The van der Waals surface area contributed by atoms with Crippen molar-refractivity contribution in [3.05, 3.63) is 0 Å². The Balaban J connectivity index is 1.68. The normalized spacial score (nSPS) is 17.7. The lowest BCUT2D eigenvalue weighted by molar-refractivity contribution is 1.00. The van der Waals surface area contributed by atoms with Gasteiger partial charge in [0.25, 0.3) is 0 Å². The van der Waals surface area contributed by atoms with Crippen molar-refractivity contribution in [1.82, 2.24) is 0 Å². The Bertz CT molecular complexity index is 79.3. The first-order valence-corrected chi connectivity index (χ1v) is 6.40. The molecule has 1 aliphatic carbocycles. The summed E-state index contributed by atoms with van der Waals surface area (Å²) in [4.78, 5) is 0. The van der Waals surface area contributed by atoms with Crippen molar-refractivity contribution in [3.63, 3.8) is 0 Å². The zero-order chi connectivity index (χ0) is 7.23. The van der Waals surface area contributed by atoms with E-state index in [1.54, 1.807) is 0 Å². The van der Waals surface area contributed by atoms with Gasteiger partial charge in [0.1, 0.15) is 0 Å². The summed E-state index contributed by atoms with van der Waals surface area (Å²) in [5.74, 6) is 6.55. The molecule has 0 nitrogen and oxygen atoms in total. The molecule has 0 saturated heterocycles. The topological polar surface area (TPSA) is 0 Å². The molecule has 1 aliphatic rings. The molecule has 0 heterocycles. The van der Waals surface area contributed by atoms with E-state index < -0.39 is 0 Å².